The van der Waals surface area contributed by atoms with Crippen LogP contribution in [0.5, 0.6) is 0 Å². The molecule has 0 amide bonds. The summed E-state index contributed by atoms with van der Waals surface area (Å²) in [7, 11) is 0. The number of hydrogen-bond acceptors (Lipinski definition) is 3. The Labute approximate surface area is 108 Å². The summed E-state index contributed by atoms with van der Waals surface area (Å²) in [4.78, 5) is 4.25. The van der Waals surface area contributed by atoms with Gasteiger partial charge in [-0.2, -0.15) is 0 Å². The van der Waals surface area contributed by atoms with E-state index in [1.165, 1.54) is 38.8 Å². The average molecular weight is 250 g/mol. The number of nitrogens with zero attached hydrogens (tertiary/aromatic N) is 1. The van der Waals surface area contributed by atoms with Gasteiger partial charge in [0.15, 0.2) is 0 Å². The van der Waals surface area contributed by atoms with Crippen LogP contribution in [0.3, 0.4) is 0 Å². The fourth-order valence-corrected chi connectivity index (χ4v) is 4.37. The van der Waals surface area contributed by atoms with Crippen molar-refractivity contribution in [3.63, 3.8) is 0 Å². The maximum atomic E-state index is 6.19. The van der Waals surface area contributed by atoms with Crippen LogP contribution in [-0.2, 0) is 6.42 Å². The van der Waals surface area contributed by atoms with Crippen molar-refractivity contribution in [2.75, 3.05) is 13.1 Å². The van der Waals surface area contributed by atoms with Gasteiger partial charge in [-0.05, 0) is 49.1 Å². The molecule has 2 heterocycles. The van der Waals surface area contributed by atoms with E-state index in [4.69, 9.17) is 5.73 Å². The zero-order chi connectivity index (χ0) is 11.8. The molecule has 1 aromatic heterocycles. The molecule has 1 aromatic rings. The zero-order valence-electron chi connectivity index (χ0n) is 10.6. The first kappa shape index (κ1) is 11.7. The van der Waals surface area contributed by atoms with Crippen molar-refractivity contribution < 1.29 is 0 Å². The first-order chi connectivity index (χ1) is 8.25. The minimum atomic E-state index is 0.450. The van der Waals surface area contributed by atoms with E-state index in [-0.39, 0.29) is 0 Å². The molecule has 17 heavy (non-hydrogen) atoms. The van der Waals surface area contributed by atoms with E-state index in [0.29, 0.717) is 12.1 Å². The van der Waals surface area contributed by atoms with Crippen molar-refractivity contribution in [1.82, 2.24) is 4.90 Å². The number of rotatable bonds is 2. The van der Waals surface area contributed by atoms with Crippen molar-refractivity contribution in [2.24, 2.45) is 11.7 Å². The van der Waals surface area contributed by atoms with E-state index < -0.39 is 0 Å². The lowest BCUT2D eigenvalue weighted by molar-refractivity contribution is 0.164. The molecule has 3 rings (SSSR count). The van der Waals surface area contributed by atoms with Crippen LogP contribution in [0, 0.1) is 5.92 Å². The SMILES string of the molecule is CC1c2ccsc2CCN1CC1CCCC1N. The molecule has 3 unspecified atom stereocenters. The van der Waals surface area contributed by atoms with Crippen molar-refractivity contribution in [3.05, 3.63) is 21.9 Å². The van der Waals surface area contributed by atoms with Gasteiger partial charge in [-0.15, -0.1) is 11.3 Å². The van der Waals surface area contributed by atoms with E-state index in [2.05, 4.69) is 23.3 Å². The number of fused-ring (bicyclic) bond motifs is 1. The second kappa shape index (κ2) is 4.71. The highest BCUT2D eigenvalue weighted by Crippen LogP contribution is 2.35. The van der Waals surface area contributed by atoms with Crippen LogP contribution in [-0.4, -0.2) is 24.0 Å². The van der Waals surface area contributed by atoms with Crippen molar-refractivity contribution in [3.8, 4) is 0 Å². The third-order valence-electron chi connectivity index (χ3n) is 4.59. The molecular formula is C14H22N2S. The molecule has 0 radical (unpaired) electrons. The lowest BCUT2D eigenvalue weighted by Crippen LogP contribution is -2.40. The Bertz CT molecular complexity index is 387. The van der Waals surface area contributed by atoms with Crippen LogP contribution >= 0.6 is 11.3 Å². The van der Waals surface area contributed by atoms with Gasteiger partial charge in [0.05, 0.1) is 0 Å². The number of hydrogen-bond donors (Lipinski definition) is 1. The van der Waals surface area contributed by atoms with Crippen molar-refractivity contribution >= 4 is 11.3 Å². The maximum Gasteiger partial charge on any atom is 0.0331 e. The molecule has 1 fully saturated rings. The molecular weight excluding hydrogens is 228 g/mol. The van der Waals surface area contributed by atoms with Gasteiger partial charge in [0.25, 0.3) is 0 Å². The number of nitrogens with two attached hydrogens (primary N) is 1. The van der Waals surface area contributed by atoms with E-state index in [9.17, 15) is 0 Å². The Kier molecular flexibility index (Phi) is 3.24. The highest BCUT2D eigenvalue weighted by Gasteiger charge is 2.30. The highest BCUT2D eigenvalue weighted by atomic mass is 32.1. The summed E-state index contributed by atoms with van der Waals surface area (Å²) in [6.45, 7) is 4.78. The molecule has 0 saturated heterocycles. The van der Waals surface area contributed by atoms with Crippen LogP contribution in [0.25, 0.3) is 0 Å². The molecule has 2 nitrogen and oxygen atoms in total. The summed E-state index contributed by atoms with van der Waals surface area (Å²) >= 11 is 1.92. The zero-order valence-corrected chi connectivity index (χ0v) is 11.4. The van der Waals surface area contributed by atoms with Gasteiger partial charge >= 0.3 is 0 Å². The van der Waals surface area contributed by atoms with Gasteiger partial charge in [-0.1, -0.05) is 6.42 Å². The van der Waals surface area contributed by atoms with E-state index in [1.54, 1.807) is 10.4 Å². The molecule has 3 heteroatoms. The Morgan fingerprint density at radius 2 is 2.35 bits per heavy atom. The summed E-state index contributed by atoms with van der Waals surface area (Å²) in [5.74, 6) is 0.734. The van der Waals surface area contributed by atoms with Crippen LogP contribution < -0.4 is 5.73 Å². The van der Waals surface area contributed by atoms with Crippen LogP contribution in [0.15, 0.2) is 11.4 Å². The van der Waals surface area contributed by atoms with Gasteiger partial charge in [0.1, 0.15) is 0 Å². The molecule has 1 aliphatic heterocycles. The van der Waals surface area contributed by atoms with Crippen LogP contribution in [0.2, 0.25) is 0 Å². The lowest BCUT2D eigenvalue weighted by Gasteiger charge is -2.36. The van der Waals surface area contributed by atoms with Gasteiger partial charge in [-0.3, -0.25) is 4.90 Å². The molecule has 94 valence electrons. The largest absolute Gasteiger partial charge is 0.327 e. The molecule has 0 bridgehead atoms. The number of thiophene rings is 1. The summed E-state index contributed by atoms with van der Waals surface area (Å²) in [6.07, 6.45) is 5.13. The Morgan fingerprint density at radius 3 is 3.12 bits per heavy atom. The Balaban J connectivity index is 1.69. The third-order valence-corrected chi connectivity index (χ3v) is 5.59. The smallest absolute Gasteiger partial charge is 0.0331 e. The van der Waals surface area contributed by atoms with Crippen molar-refractivity contribution in [1.29, 1.82) is 0 Å². The Morgan fingerprint density at radius 1 is 1.47 bits per heavy atom. The second-order valence-corrected chi connectivity index (χ2v) is 6.58. The average Bonchev–Trinajstić information content (AvgIpc) is 2.92. The minimum absolute atomic E-state index is 0.450. The lowest BCUT2D eigenvalue weighted by atomic mass is 9.97. The Hall–Kier alpha value is -0.380. The molecule has 0 spiro atoms. The van der Waals surface area contributed by atoms with E-state index in [1.807, 2.05) is 11.3 Å². The van der Waals surface area contributed by atoms with E-state index in [0.717, 1.165) is 5.92 Å². The fourth-order valence-electron chi connectivity index (χ4n) is 3.40. The van der Waals surface area contributed by atoms with Gasteiger partial charge < -0.3 is 5.73 Å². The first-order valence-electron chi connectivity index (χ1n) is 6.81. The molecule has 3 atom stereocenters. The first-order valence-corrected chi connectivity index (χ1v) is 7.69. The maximum absolute atomic E-state index is 6.19. The van der Waals surface area contributed by atoms with Gasteiger partial charge in [0, 0.05) is 30.1 Å². The van der Waals surface area contributed by atoms with Crippen LogP contribution in [0.1, 0.15) is 42.7 Å². The molecule has 2 N–H and O–H groups in total. The molecule has 1 aliphatic carbocycles. The summed E-state index contributed by atoms with van der Waals surface area (Å²) < 4.78 is 0. The standard InChI is InChI=1S/C14H22N2S/c1-10-12-6-8-17-14(12)5-7-16(10)9-11-3-2-4-13(11)15/h6,8,10-11,13H,2-5,7,9,15H2,1H3. The molecule has 2 aliphatic rings. The second-order valence-electron chi connectivity index (χ2n) is 5.57. The van der Waals surface area contributed by atoms with Gasteiger partial charge in [0.2, 0.25) is 0 Å². The topological polar surface area (TPSA) is 29.3 Å². The summed E-state index contributed by atoms with van der Waals surface area (Å²) in [6, 6.07) is 3.36. The monoisotopic (exact) mass is 250 g/mol. The predicted molar refractivity (Wildman–Crippen MR) is 73.3 cm³/mol. The van der Waals surface area contributed by atoms with E-state index >= 15 is 0 Å². The summed E-state index contributed by atoms with van der Waals surface area (Å²) in [5.41, 5.74) is 7.75. The van der Waals surface area contributed by atoms with Crippen molar-refractivity contribution in [2.45, 2.75) is 44.7 Å². The third kappa shape index (κ3) is 2.16. The van der Waals surface area contributed by atoms with Crippen LogP contribution in [0.4, 0.5) is 0 Å². The summed E-state index contributed by atoms with van der Waals surface area (Å²) in [5, 5.41) is 2.24. The molecule has 0 aromatic carbocycles. The minimum Gasteiger partial charge on any atom is -0.327 e. The fraction of sp³-hybridized carbons (Fsp3) is 0.714. The predicted octanol–water partition coefficient (Wildman–Crippen LogP) is 2.79. The normalized spacial score (nSPS) is 33.9. The highest BCUT2D eigenvalue weighted by molar-refractivity contribution is 7.10. The molecule has 1 saturated carbocycles. The quantitative estimate of drug-likeness (QED) is 0.874. The van der Waals surface area contributed by atoms with Gasteiger partial charge in [-0.25, -0.2) is 0 Å².